The number of rotatable bonds is 14. The molecule has 3 aromatic rings. The van der Waals surface area contributed by atoms with Crippen LogP contribution in [-0.4, -0.2) is 58.5 Å². The number of methoxy groups -OCH3 is 2. The molecular weight excluding hydrogens is 566 g/mol. The van der Waals surface area contributed by atoms with E-state index in [9.17, 15) is 18.0 Å². The monoisotopic (exact) mass is 601 g/mol. The fourth-order valence-corrected chi connectivity index (χ4v) is 5.77. The van der Waals surface area contributed by atoms with E-state index in [1.165, 1.54) is 43.4 Å². The van der Waals surface area contributed by atoms with Crippen LogP contribution in [0.1, 0.15) is 32.3 Å². The van der Waals surface area contributed by atoms with Crippen LogP contribution in [-0.2, 0) is 26.2 Å². The zero-order valence-electron chi connectivity index (χ0n) is 23.7. The maximum atomic E-state index is 14.0. The second-order valence-electron chi connectivity index (χ2n) is 9.29. The Bertz CT molecular complexity index is 1430. The van der Waals surface area contributed by atoms with Gasteiger partial charge in [0.15, 0.2) is 0 Å². The molecule has 0 heterocycles. The van der Waals surface area contributed by atoms with Crippen molar-refractivity contribution >= 4 is 39.1 Å². The number of nitrogens with one attached hydrogen (secondary N) is 1. The smallest absolute Gasteiger partial charge is 0.264 e. The minimum absolute atomic E-state index is 0.00319. The van der Waals surface area contributed by atoms with Crippen molar-refractivity contribution in [2.45, 2.75) is 44.2 Å². The molecule has 0 aliphatic carbocycles. The van der Waals surface area contributed by atoms with Gasteiger partial charge in [0, 0.05) is 18.1 Å². The molecule has 0 bridgehead atoms. The van der Waals surface area contributed by atoms with E-state index in [0.29, 0.717) is 22.9 Å². The third-order valence-electron chi connectivity index (χ3n) is 6.58. The van der Waals surface area contributed by atoms with Crippen LogP contribution in [0.3, 0.4) is 0 Å². The minimum atomic E-state index is -4.26. The zero-order chi connectivity index (χ0) is 30.0. The Kier molecular flexibility index (Phi) is 11.4. The first kappa shape index (κ1) is 31.8. The zero-order valence-corrected chi connectivity index (χ0v) is 25.2. The lowest BCUT2D eigenvalue weighted by molar-refractivity contribution is -0.139. The molecule has 220 valence electrons. The molecule has 0 aliphatic rings. The van der Waals surface area contributed by atoms with E-state index < -0.39 is 28.5 Å². The number of unbranched alkanes of at least 4 members (excludes halogenated alkanes) is 1. The number of hydrogen-bond donors (Lipinski definition) is 1. The second kappa shape index (κ2) is 14.7. The van der Waals surface area contributed by atoms with Crippen molar-refractivity contribution in [3.8, 4) is 11.5 Å². The van der Waals surface area contributed by atoms with E-state index in [1.807, 2.05) is 6.92 Å². The Morgan fingerprint density at radius 1 is 0.951 bits per heavy atom. The molecule has 3 aromatic carbocycles. The predicted octanol–water partition coefficient (Wildman–Crippen LogP) is 4.89. The van der Waals surface area contributed by atoms with Crippen LogP contribution in [0.2, 0.25) is 5.02 Å². The average Bonchev–Trinajstić information content (AvgIpc) is 2.99. The minimum Gasteiger partial charge on any atom is -0.497 e. The number of para-hydroxylation sites is 2. The number of nitrogens with zero attached hydrogens (tertiary/aromatic N) is 2. The Morgan fingerprint density at radius 3 is 2.24 bits per heavy atom. The first-order chi connectivity index (χ1) is 19.6. The molecule has 2 amide bonds. The number of halogens is 1. The van der Waals surface area contributed by atoms with Crippen LogP contribution in [0.25, 0.3) is 0 Å². The molecule has 1 atom stereocenters. The maximum Gasteiger partial charge on any atom is 0.264 e. The lowest BCUT2D eigenvalue weighted by Crippen LogP contribution is -2.51. The summed E-state index contributed by atoms with van der Waals surface area (Å²) in [7, 11) is -1.36. The van der Waals surface area contributed by atoms with Gasteiger partial charge >= 0.3 is 0 Å². The lowest BCUT2D eigenvalue weighted by Gasteiger charge is -2.32. The van der Waals surface area contributed by atoms with Gasteiger partial charge in [-0.15, -0.1) is 0 Å². The summed E-state index contributed by atoms with van der Waals surface area (Å²) in [5.41, 5.74) is 0.800. The highest BCUT2D eigenvalue weighted by molar-refractivity contribution is 7.92. The van der Waals surface area contributed by atoms with Gasteiger partial charge in [0.1, 0.15) is 24.1 Å². The Balaban J connectivity index is 2.05. The summed E-state index contributed by atoms with van der Waals surface area (Å²) in [4.78, 5) is 28.4. The molecule has 41 heavy (non-hydrogen) atoms. The van der Waals surface area contributed by atoms with Gasteiger partial charge in [0.2, 0.25) is 11.8 Å². The van der Waals surface area contributed by atoms with Gasteiger partial charge < -0.3 is 19.7 Å². The molecule has 11 heteroatoms. The van der Waals surface area contributed by atoms with Crippen molar-refractivity contribution in [1.29, 1.82) is 0 Å². The van der Waals surface area contributed by atoms with Crippen LogP contribution in [0.5, 0.6) is 11.5 Å². The van der Waals surface area contributed by atoms with Crippen LogP contribution >= 0.6 is 11.6 Å². The normalized spacial score (nSPS) is 11.8. The molecule has 0 unspecified atom stereocenters. The highest BCUT2D eigenvalue weighted by Gasteiger charge is 2.34. The number of carbonyl (C=O) groups excluding carboxylic acids is 2. The summed E-state index contributed by atoms with van der Waals surface area (Å²) < 4.78 is 39.6. The molecule has 0 aromatic heterocycles. The summed E-state index contributed by atoms with van der Waals surface area (Å²) in [6, 6.07) is 18.5. The fourth-order valence-electron chi connectivity index (χ4n) is 4.15. The van der Waals surface area contributed by atoms with Crippen LogP contribution in [0.4, 0.5) is 5.69 Å². The van der Waals surface area contributed by atoms with E-state index in [1.54, 1.807) is 55.5 Å². The quantitative estimate of drug-likeness (QED) is 0.264. The third-order valence-corrected chi connectivity index (χ3v) is 8.72. The van der Waals surface area contributed by atoms with Crippen molar-refractivity contribution in [3.05, 3.63) is 83.4 Å². The van der Waals surface area contributed by atoms with Gasteiger partial charge in [-0.3, -0.25) is 13.9 Å². The van der Waals surface area contributed by atoms with Gasteiger partial charge in [0.05, 0.1) is 24.8 Å². The van der Waals surface area contributed by atoms with Crippen molar-refractivity contribution in [2.75, 3.05) is 31.6 Å². The molecule has 0 saturated heterocycles. The van der Waals surface area contributed by atoms with Gasteiger partial charge in [-0.1, -0.05) is 55.3 Å². The summed E-state index contributed by atoms with van der Waals surface area (Å²) in [6.07, 6.45) is 1.69. The number of carbonyl (C=O) groups is 2. The summed E-state index contributed by atoms with van der Waals surface area (Å²) in [5, 5.41) is 3.29. The number of anilines is 1. The number of sulfonamides is 1. The number of benzene rings is 3. The van der Waals surface area contributed by atoms with Crippen molar-refractivity contribution in [2.24, 2.45) is 0 Å². The number of hydrogen-bond acceptors (Lipinski definition) is 6. The molecule has 0 fully saturated rings. The van der Waals surface area contributed by atoms with E-state index in [2.05, 4.69) is 5.32 Å². The summed E-state index contributed by atoms with van der Waals surface area (Å²) >= 11 is 6.41. The molecule has 0 saturated carbocycles. The first-order valence-electron chi connectivity index (χ1n) is 13.2. The van der Waals surface area contributed by atoms with Crippen LogP contribution < -0.4 is 19.1 Å². The van der Waals surface area contributed by atoms with Gasteiger partial charge in [-0.05, 0) is 61.4 Å². The molecule has 0 aliphatic heterocycles. The molecule has 9 nitrogen and oxygen atoms in total. The van der Waals surface area contributed by atoms with E-state index in [-0.39, 0.29) is 28.8 Å². The molecule has 0 radical (unpaired) electrons. The van der Waals surface area contributed by atoms with E-state index in [0.717, 1.165) is 17.1 Å². The van der Waals surface area contributed by atoms with Gasteiger partial charge in [-0.25, -0.2) is 8.42 Å². The maximum absolute atomic E-state index is 14.0. The number of ether oxygens (including phenoxy) is 2. The predicted molar refractivity (Wildman–Crippen MR) is 160 cm³/mol. The Hall–Kier alpha value is -3.76. The van der Waals surface area contributed by atoms with Gasteiger partial charge in [0.25, 0.3) is 10.0 Å². The first-order valence-corrected chi connectivity index (χ1v) is 15.1. The van der Waals surface area contributed by atoms with Crippen molar-refractivity contribution in [1.82, 2.24) is 10.2 Å². The molecule has 0 spiro atoms. The highest BCUT2D eigenvalue weighted by Crippen LogP contribution is 2.33. The van der Waals surface area contributed by atoms with E-state index in [4.69, 9.17) is 21.1 Å². The highest BCUT2D eigenvalue weighted by atomic mass is 35.5. The molecule has 1 N–H and O–H groups in total. The standard InChI is InChI=1S/C30H36ClN3O6S/c1-5-6-19-32-30(36)22(2)33(20-23-11-7-8-12-26(23)31)29(35)21-34(27-13-9-10-14-28(27)40-4)41(37,38)25-17-15-24(39-3)16-18-25/h7-18,22H,5-6,19-21H2,1-4H3,(H,32,36)/t22-/m1/s1. The molecular formula is C30H36ClN3O6S. The summed E-state index contributed by atoms with van der Waals surface area (Å²) in [6.45, 7) is 3.50. The number of amides is 2. The molecule has 3 rings (SSSR count). The van der Waals surface area contributed by atoms with Crippen molar-refractivity contribution < 1.29 is 27.5 Å². The van der Waals surface area contributed by atoms with Crippen molar-refractivity contribution in [3.63, 3.8) is 0 Å². The second-order valence-corrected chi connectivity index (χ2v) is 11.6. The van der Waals surface area contributed by atoms with Crippen LogP contribution in [0, 0.1) is 0 Å². The largest absolute Gasteiger partial charge is 0.497 e. The van der Waals surface area contributed by atoms with Crippen LogP contribution in [0.15, 0.2) is 77.7 Å². The average molecular weight is 602 g/mol. The fraction of sp³-hybridized carbons (Fsp3) is 0.333. The Morgan fingerprint density at radius 2 is 1.61 bits per heavy atom. The summed E-state index contributed by atoms with van der Waals surface area (Å²) in [5.74, 6) is -0.190. The topological polar surface area (TPSA) is 105 Å². The third kappa shape index (κ3) is 7.92. The lowest BCUT2D eigenvalue weighted by atomic mass is 10.1. The SMILES string of the molecule is CCCCNC(=O)[C@@H](C)N(Cc1ccccc1Cl)C(=O)CN(c1ccccc1OC)S(=O)(=O)c1ccc(OC)cc1. The van der Waals surface area contributed by atoms with E-state index >= 15 is 0 Å². The van der Waals surface area contributed by atoms with Gasteiger partial charge in [-0.2, -0.15) is 0 Å². The Labute approximate surface area is 247 Å².